The van der Waals surface area contributed by atoms with Crippen LogP contribution in [-0.2, 0) is 16.0 Å². The Morgan fingerprint density at radius 2 is 1.80 bits per heavy atom. The third-order valence-corrected chi connectivity index (χ3v) is 9.27. The summed E-state index contributed by atoms with van der Waals surface area (Å²) in [6.45, 7) is 5.54. The van der Waals surface area contributed by atoms with Gasteiger partial charge >= 0.3 is 0 Å². The number of nitrogens with one attached hydrogen (secondary N) is 4. The van der Waals surface area contributed by atoms with E-state index in [1.807, 2.05) is 44.2 Å². The molecule has 4 atom stereocenters. The maximum Gasteiger partial charge on any atom is 0.249 e. The van der Waals surface area contributed by atoms with Gasteiger partial charge in [-0.25, -0.2) is 0 Å². The molecule has 4 N–H and O–H groups in total. The predicted molar refractivity (Wildman–Crippen MR) is 190 cm³/mol. The molecule has 268 valence electrons. The molecule has 2 heterocycles. The first-order chi connectivity index (χ1) is 24.6. The summed E-state index contributed by atoms with van der Waals surface area (Å²) in [7, 11) is 4.63. The molecule has 1 aromatic heterocycles. The largest absolute Gasteiger partial charge is 0.493 e. The van der Waals surface area contributed by atoms with Gasteiger partial charge in [0.15, 0.2) is 34.9 Å². The second kappa shape index (κ2) is 15.0. The van der Waals surface area contributed by atoms with Crippen LogP contribution < -0.4 is 45.1 Å². The number of H-pyrrole nitrogens is 1. The van der Waals surface area contributed by atoms with E-state index < -0.39 is 24.1 Å². The summed E-state index contributed by atoms with van der Waals surface area (Å²) in [5.41, 5.74) is 2.77. The van der Waals surface area contributed by atoms with Crippen LogP contribution in [0.4, 0.5) is 11.6 Å². The van der Waals surface area contributed by atoms with E-state index in [1.54, 1.807) is 26.4 Å². The molecule has 2 aliphatic rings. The fourth-order valence-electron chi connectivity index (χ4n) is 6.51. The summed E-state index contributed by atoms with van der Waals surface area (Å²) < 4.78 is 29.0. The Bertz CT molecular complexity index is 2000. The number of hydrogen-bond acceptors (Lipinski definition) is 11. The van der Waals surface area contributed by atoms with E-state index in [0.29, 0.717) is 65.0 Å². The van der Waals surface area contributed by atoms with Crippen LogP contribution in [-0.4, -0.2) is 61.0 Å². The second-order valence-electron chi connectivity index (χ2n) is 12.5. The van der Waals surface area contributed by atoms with Crippen molar-refractivity contribution in [1.29, 1.82) is 0 Å². The molecule has 0 radical (unpaired) electrons. The molecule has 2 amide bonds. The highest BCUT2D eigenvalue weighted by Crippen LogP contribution is 2.50. The molecule has 3 aromatic carbocycles. The van der Waals surface area contributed by atoms with Gasteiger partial charge < -0.3 is 34.3 Å². The Morgan fingerprint density at radius 3 is 2.51 bits per heavy atom. The molecule has 0 bridgehead atoms. The van der Waals surface area contributed by atoms with Gasteiger partial charge in [-0.1, -0.05) is 38.5 Å². The number of amides is 2. The van der Waals surface area contributed by atoms with Gasteiger partial charge in [0.05, 0.1) is 33.1 Å². The third-order valence-electron chi connectivity index (χ3n) is 9.27. The lowest BCUT2D eigenvalue weighted by atomic mass is 9.95. The van der Waals surface area contributed by atoms with Crippen LogP contribution in [0.5, 0.6) is 28.7 Å². The number of carbonyl (C=O) groups is 2. The topological polar surface area (TPSA) is 175 Å². The van der Waals surface area contributed by atoms with Crippen molar-refractivity contribution in [3.8, 4) is 39.9 Å². The number of methoxy groups -OCH3 is 3. The molecule has 0 unspecified atom stereocenters. The van der Waals surface area contributed by atoms with Gasteiger partial charge in [-0.3, -0.25) is 24.8 Å². The number of carbonyl (C=O) groups excluding carboxylic acids is 2. The normalized spacial score (nSPS) is 17.1. The minimum absolute atomic E-state index is 0.0615. The number of fused-ring (bicyclic) bond motifs is 4. The molecule has 0 saturated heterocycles. The van der Waals surface area contributed by atoms with Crippen LogP contribution >= 0.6 is 0 Å². The van der Waals surface area contributed by atoms with Crippen molar-refractivity contribution in [2.75, 3.05) is 38.6 Å². The summed E-state index contributed by atoms with van der Waals surface area (Å²) >= 11 is 0. The molecule has 51 heavy (non-hydrogen) atoms. The van der Waals surface area contributed by atoms with Crippen LogP contribution in [0.1, 0.15) is 62.7 Å². The maximum absolute atomic E-state index is 14.0. The van der Waals surface area contributed by atoms with E-state index in [4.69, 9.17) is 23.7 Å². The fraction of sp³-hybridized carbons (Fsp3) is 0.378. The van der Waals surface area contributed by atoms with Crippen LogP contribution in [0.2, 0.25) is 0 Å². The van der Waals surface area contributed by atoms with Crippen molar-refractivity contribution in [3.05, 3.63) is 75.7 Å². The van der Waals surface area contributed by atoms with E-state index in [1.165, 1.54) is 20.1 Å². The summed E-state index contributed by atoms with van der Waals surface area (Å²) in [6, 6.07) is 12.9. The van der Waals surface area contributed by atoms with Gasteiger partial charge in [0, 0.05) is 12.5 Å². The van der Waals surface area contributed by atoms with Crippen LogP contribution in [0.15, 0.2) is 53.3 Å². The van der Waals surface area contributed by atoms with E-state index >= 15 is 0 Å². The first-order valence-corrected chi connectivity index (χ1v) is 16.8. The summed E-state index contributed by atoms with van der Waals surface area (Å²) in [4.78, 5) is 44.6. The minimum atomic E-state index is -0.828. The van der Waals surface area contributed by atoms with Crippen LogP contribution in [0.25, 0.3) is 11.1 Å². The van der Waals surface area contributed by atoms with Crippen LogP contribution in [0, 0.1) is 5.92 Å². The number of benzene rings is 2. The number of aromatic nitrogens is 3. The second-order valence-corrected chi connectivity index (χ2v) is 12.5. The molecule has 0 saturated carbocycles. The lowest BCUT2D eigenvalue weighted by Crippen LogP contribution is -2.41. The van der Waals surface area contributed by atoms with Crippen molar-refractivity contribution >= 4 is 23.5 Å². The summed E-state index contributed by atoms with van der Waals surface area (Å²) in [5.74, 6) is 2.20. The van der Waals surface area contributed by atoms with Gasteiger partial charge in [0.25, 0.3) is 0 Å². The van der Waals surface area contributed by atoms with Crippen molar-refractivity contribution in [2.45, 2.75) is 58.2 Å². The van der Waals surface area contributed by atoms with Gasteiger partial charge in [0.1, 0.15) is 12.6 Å². The van der Waals surface area contributed by atoms with Crippen LogP contribution in [0.3, 0.4) is 0 Å². The molecule has 6 rings (SSSR count). The van der Waals surface area contributed by atoms with Gasteiger partial charge in [0.2, 0.25) is 28.9 Å². The Labute approximate surface area is 295 Å². The van der Waals surface area contributed by atoms with Crippen molar-refractivity contribution in [3.63, 3.8) is 0 Å². The highest BCUT2D eigenvalue weighted by atomic mass is 16.6. The van der Waals surface area contributed by atoms with E-state index in [0.717, 1.165) is 11.1 Å². The molecule has 1 aliphatic heterocycles. The summed E-state index contributed by atoms with van der Waals surface area (Å²) in [5, 5.41) is 16.0. The number of anilines is 2. The van der Waals surface area contributed by atoms with Gasteiger partial charge in [-0.15, -0.1) is 5.10 Å². The Hall–Kier alpha value is -5.79. The molecular weight excluding hydrogens is 656 g/mol. The summed E-state index contributed by atoms with van der Waals surface area (Å²) in [6.07, 6.45) is 1.18. The Morgan fingerprint density at radius 1 is 1.04 bits per heavy atom. The molecule has 14 heteroatoms. The smallest absolute Gasteiger partial charge is 0.249 e. The zero-order chi connectivity index (χ0) is 36.2. The van der Waals surface area contributed by atoms with Gasteiger partial charge in [-0.2, -0.15) is 4.98 Å². The monoisotopic (exact) mass is 698 g/mol. The highest BCUT2D eigenvalue weighted by Gasteiger charge is 2.31. The minimum Gasteiger partial charge on any atom is -0.493 e. The third kappa shape index (κ3) is 7.12. The first kappa shape index (κ1) is 35.1. The van der Waals surface area contributed by atoms with E-state index in [2.05, 4.69) is 31.1 Å². The molecular formula is C37H42N6O8. The number of aromatic amines is 1. The predicted octanol–water partition coefficient (Wildman–Crippen LogP) is 4.96. The fourth-order valence-corrected chi connectivity index (χ4v) is 6.51. The average molecular weight is 699 g/mol. The molecule has 14 nitrogen and oxygen atoms in total. The number of para-hydroxylation sites is 2. The molecule has 1 aliphatic carbocycles. The van der Waals surface area contributed by atoms with E-state index in [-0.39, 0.29) is 35.5 Å². The highest BCUT2D eigenvalue weighted by molar-refractivity contribution is 5.95. The number of nitrogens with zero attached hydrogens (tertiary/aromatic N) is 2. The van der Waals surface area contributed by atoms with Gasteiger partial charge in [-0.05, 0) is 65.8 Å². The number of rotatable bonds is 11. The first-order valence-electron chi connectivity index (χ1n) is 16.8. The Balaban J connectivity index is 1.32. The van der Waals surface area contributed by atoms with Crippen molar-refractivity contribution in [2.24, 2.45) is 5.92 Å². The lowest BCUT2D eigenvalue weighted by molar-refractivity contribution is -0.120. The zero-order valence-electron chi connectivity index (χ0n) is 29.4. The number of hydrogen-bond donors (Lipinski definition) is 4. The molecule has 0 fully saturated rings. The average Bonchev–Trinajstić information content (AvgIpc) is 3.48. The van der Waals surface area contributed by atoms with Crippen molar-refractivity contribution < 1.29 is 33.3 Å². The van der Waals surface area contributed by atoms with Crippen molar-refractivity contribution in [1.82, 2.24) is 20.5 Å². The molecule has 4 aromatic rings. The molecule has 0 spiro atoms. The maximum atomic E-state index is 14.0. The quantitative estimate of drug-likeness (QED) is 0.167. The van der Waals surface area contributed by atoms with E-state index in [9.17, 15) is 14.4 Å². The SMILES string of the molecule is CC[C@@H](C)[C@H](Nc1ccc2c(cc1=O)[C@@H](NC(C)=O)CCc1cc(OC)c(OC)c(OC)c1-2)C(=O)Nc1n[nH]c([C@@H]2COc3ccccc3O2)n1. The number of aryl methyl sites for hydroxylation is 1. The standard InChI is InChI=1S/C37H42N6O8/c1-7-19(2)32(36(46)41-37-40-35(42-43-37)30-18-50-27-10-8-9-11-28(27)51-30)39-25-15-13-22-23(17-26(25)45)24(38-20(3)44)14-12-21-16-29(47-4)33(48-5)34(49-6)31(21)22/h8-11,13,15-17,19,24,30,32H,7,12,14,18H2,1-6H3,(H,38,44)(H,39,45)(H2,40,41,42,43,46)/t19-,24+,30+,32+/m1/s1. The Kier molecular flexibility index (Phi) is 10.3. The number of ether oxygens (including phenoxy) is 5. The lowest BCUT2D eigenvalue weighted by Gasteiger charge is -2.24. The zero-order valence-corrected chi connectivity index (χ0v) is 29.4.